The average Bonchev–Trinajstić information content (AvgIpc) is 2.56. The van der Waals surface area contributed by atoms with E-state index in [2.05, 4.69) is 34.9 Å². The number of benzene rings is 3. The minimum Gasteiger partial charge on any atom is -0.329 e. The van der Waals surface area contributed by atoms with Crippen LogP contribution in [0.2, 0.25) is 0 Å². The van der Waals surface area contributed by atoms with E-state index in [1.165, 1.54) is 5.39 Å². The molecule has 0 aliphatic carbocycles. The van der Waals surface area contributed by atoms with Gasteiger partial charge in [-0.2, -0.15) is 0 Å². The van der Waals surface area contributed by atoms with Crippen molar-refractivity contribution in [3.8, 4) is 0 Å². The molecule has 3 heteroatoms. The van der Waals surface area contributed by atoms with Gasteiger partial charge < -0.3 is 10.6 Å². The molecule has 0 spiro atoms. The molecule has 0 aliphatic rings. The molecule has 2 amide bonds. The minimum absolute atomic E-state index is 0.206. The van der Waals surface area contributed by atoms with Crippen LogP contribution in [0.15, 0.2) is 66.7 Å². The fourth-order valence-corrected chi connectivity index (χ4v) is 2.99. The summed E-state index contributed by atoms with van der Waals surface area (Å²) >= 11 is 0. The van der Waals surface area contributed by atoms with Gasteiger partial charge in [0.25, 0.3) is 0 Å². The van der Waals surface area contributed by atoms with Crippen LogP contribution in [0.25, 0.3) is 10.8 Å². The van der Waals surface area contributed by atoms with Gasteiger partial charge in [-0.15, -0.1) is 0 Å². The van der Waals surface area contributed by atoms with Crippen molar-refractivity contribution < 1.29 is 4.79 Å². The summed E-state index contributed by atoms with van der Waals surface area (Å²) in [5.74, 6) is 0. The Morgan fingerprint density at radius 1 is 0.875 bits per heavy atom. The number of rotatable bonds is 3. The second-order valence-electron chi connectivity index (χ2n) is 6.55. The lowest BCUT2D eigenvalue weighted by Gasteiger charge is -2.28. The quantitative estimate of drug-likeness (QED) is 0.684. The lowest BCUT2D eigenvalue weighted by atomic mass is 9.89. The fourth-order valence-electron chi connectivity index (χ4n) is 2.99. The number of para-hydroxylation sites is 1. The second-order valence-corrected chi connectivity index (χ2v) is 6.55. The number of carbonyl (C=O) groups excluding carboxylic acids is 1. The largest absolute Gasteiger partial charge is 0.329 e. The summed E-state index contributed by atoms with van der Waals surface area (Å²) in [6.45, 7) is 6.02. The van der Waals surface area contributed by atoms with E-state index >= 15 is 0 Å². The van der Waals surface area contributed by atoms with Gasteiger partial charge in [-0.25, -0.2) is 4.79 Å². The van der Waals surface area contributed by atoms with Gasteiger partial charge in [0, 0.05) is 5.69 Å². The smallest absolute Gasteiger partial charge is 0.319 e. The van der Waals surface area contributed by atoms with Gasteiger partial charge >= 0.3 is 6.03 Å². The molecule has 0 aromatic heterocycles. The Labute approximate surface area is 142 Å². The van der Waals surface area contributed by atoms with Crippen LogP contribution >= 0.6 is 0 Å². The Balaban J connectivity index is 1.85. The van der Waals surface area contributed by atoms with Gasteiger partial charge in [0.1, 0.15) is 0 Å². The highest BCUT2D eigenvalue weighted by Gasteiger charge is 2.24. The number of anilines is 1. The Morgan fingerprint density at radius 3 is 2.33 bits per heavy atom. The molecule has 2 N–H and O–H groups in total. The molecule has 122 valence electrons. The summed E-state index contributed by atoms with van der Waals surface area (Å²) in [5.41, 5.74) is 2.47. The van der Waals surface area contributed by atoms with E-state index in [9.17, 15) is 4.79 Å². The highest BCUT2D eigenvalue weighted by Crippen LogP contribution is 2.28. The second kappa shape index (κ2) is 6.36. The summed E-state index contributed by atoms with van der Waals surface area (Å²) < 4.78 is 0. The zero-order valence-corrected chi connectivity index (χ0v) is 14.3. The number of amides is 2. The number of aryl methyl sites for hydroxylation is 1. The zero-order chi connectivity index (χ0) is 17.2. The molecule has 3 nitrogen and oxygen atoms in total. The zero-order valence-electron chi connectivity index (χ0n) is 14.3. The molecule has 0 fully saturated rings. The highest BCUT2D eigenvalue weighted by molar-refractivity contribution is 5.92. The molecule has 0 radical (unpaired) electrons. The molecule has 0 unspecified atom stereocenters. The number of hydrogen-bond donors (Lipinski definition) is 2. The van der Waals surface area contributed by atoms with Crippen LogP contribution in [0, 0.1) is 6.92 Å². The van der Waals surface area contributed by atoms with E-state index in [0.29, 0.717) is 0 Å². The average molecular weight is 318 g/mol. The van der Waals surface area contributed by atoms with Crippen molar-refractivity contribution >= 4 is 22.5 Å². The first-order valence-electron chi connectivity index (χ1n) is 8.10. The Morgan fingerprint density at radius 2 is 1.54 bits per heavy atom. The Kier molecular flexibility index (Phi) is 4.26. The summed E-state index contributed by atoms with van der Waals surface area (Å²) in [6.07, 6.45) is 0. The Hall–Kier alpha value is -2.81. The summed E-state index contributed by atoms with van der Waals surface area (Å²) in [6, 6.07) is 22.0. The summed E-state index contributed by atoms with van der Waals surface area (Å²) in [5, 5.41) is 8.35. The monoisotopic (exact) mass is 318 g/mol. The normalized spacial score (nSPS) is 11.3. The maximum absolute atomic E-state index is 12.5. The van der Waals surface area contributed by atoms with Crippen molar-refractivity contribution in [2.24, 2.45) is 0 Å². The van der Waals surface area contributed by atoms with Gasteiger partial charge in [-0.3, -0.25) is 0 Å². The predicted molar refractivity (Wildman–Crippen MR) is 100 cm³/mol. The first-order valence-corrected chi connectivity index (χ1v) is 8.10. The van der Waals surface area contributed by atoms with E-state index in [1.807, 2.05) is 63.2 Å². The molecule has 0 saturated carbocycles. The lowest BCUT2D eigenvalue weighted by Crippen LogP contribution is -2.43. The minimum atomic E-state index is -0.492. The van der Waals surface area contributed by atoms with Crippen LogP contribution in [-0.4, -0.2) is 6.03 Å². The fraction of sp³-hybridized carbons (Fsp3) is 0.190. The van der Waals surface area contributed by atoms with Gasteiger partial charge in [-0.1, -0.05) is 60.7 Å². The van der Waals surface area contributed by atoms with E-state index in [4.69, 9.17) is 0 Å². The van der Waals surface area contributed by atoms with E-state index < -0.39 is 5.54 Å². The van der Waals surface area contributed by atoms with Gasteiger partial charge in [0.15, 0.2) is 0 Å². The van der Waals surface area contributed by atoms with Crippen LogP contribution < -0.4 is 10.6 Å². The predicted octanol–water partition coefficient (Wildman–Crippen LogP) is 5.21. The van der Waals surface area contributed by atoms with Crippen molar-refractivity contribution in [2.45, 2.75) is 26.3 Å². The molecule has 24 heavy (non-hydrogen) atoms. The van der Waals surface area contributed by atoms with Crippen LogP contribution in [0.1, 0.15) is 25.0 Å². The molecule has 0 saturated heterocycles. The third-order valence-electron chi connectivity index (χ3n) is 4.28. The van der Waals surface area contributed by atoms with Gasteiger partial charge in [0.05, 0.1) is 5.54 Å². The third kappa shape index (κ3) is 3.25. The standard InChI is InChI=1S/C21H22N2O/c1-15-9-4-7-14-19(15)22-20(24)23-21(2,3)18-13-8-11-16-10-5-6-12-17(16)18/h4-14H,1-3H3,(H2,22,23,24). The Bertz CT molecular complexity index is 878. The lowest BCUT2D eigenvalue weighted by molar-refractivity contribution is 0.242. The highest BCUT2D eigenvalue weighted by atomic mass is 16.2. The SMILES string of the molecule is Cc1ccccc1NC(=O)NC(C)(C)c1cccc2ccccc12. The molecule has 0 atom stereocenters. The number of carbonyl (C=O) groups is 1. The number of hydrogen-bond acceptors (Lipinski definition) is 1. The maximum atomic E-state index is 12.5. The van der Waals surface area contributed by atoms with Crippen molar-refractivity contribution in [2.75, 3.05) is 5.32 Å². The topological polar surface area (TPSA) is 41.1 Å². The van der Waals surface area contributed by atoms with Crippen LogP contribution in [-0.2, 0) is 5.54 Å². The summed E-state index contributed by atoms with van der Waals surface area (Å²) in [4.78, 5) is 12.5. The molecule has 3 aromatic carbocycles. The van der Waals surface area contributed by atoms with Crippen LogP contribution in [0.4, 0.5) is 10.5 Å². The molecular weight excluding hydrogens is 296 g/mol. The first kappa shape index (κ1) is 16.1. The van der Waals surface area contributed by atoms with Gasteiger partial charge in [-0.05, 0) is 48.7 Å². The van der Waals surface area contributed by atoms with Crippen molar-refractivity contribution in [3.05, 3.63) is 77.9 Å². The molecule has 0 aliphatic heterocycles. The van der Waals surface area contributed by atoms with Crippen molar-refractivity contribution in [1.29, 1.82) is 0 Å². The van der Waals surface area contributed by atoms with Gasteiger partial charge in [0.2, 0.25) is 0 Å². The number of nitrogens with one attached hydrogen (secondary N) is 2. The van der Waals surface area contributed by atoms with Crippen LogP contribution in [0.3, 0.4) is 0 Å². The number of urea groups is 1. The van der Waals surface area contributed by atoms with Crippen molar-refractivity contribution in [3.63, 3.8) is 0 Å². The molecular formula is C21H22N2O. The van der Waals surface area contributed by atoms with Crippen molar-refractivity contribution in [1.82, 2.24) is 5.32 Å². The molecule has 0 bridgehead atoms. The first-order chi connectivity index (χ1) is 11.5. The third-order valence-corrected chi connectivity index (χ3v) is 4.28. The molecule has 0 heterocycles. The maximum Gasteiger partial charge on any atom is 0.319 e. The molecule has 3 rings (SSSR count). The van der Waals surface area contributed by atoms with E-state index in [-0.39, 0.29) is 6.03 Å². The van der Waals surface area contributed by atoms with E-state index in [0.717, 1.165) is 22.2 Å². The molecule has 3 aromatic rings. The summed E-state index contributed by atoms with van der Waals surface area (Å²) in [7, 11) is 0. The number of fused-ring (bicyclic) bond motifs is 1. The van der Waals surface area contributed by atoms with E-state index in [1.54, 1.807) is 0 Å². The van der Waals surface area contributed by atoms with Crippen LogP contribution in [0.5, 0.6) is 0 Å².